The highest BCUT2D eigenvalue weighted by molar-refractivity contribution is 5.76. The quantitative estimate of drug-likeness (QED) is 0.830. The molecule has 2 saturated heterocycles. The molecule has 2 rings (SSSR count). The molecule has 2 aliphatic rings. The molecule has 2 atom stereocenters. The second-order valence-electron chi connectivity index (χ2n) is 5.84. The fourth-order valence-electron chi connectivity index (χ4n) is 3.28. The van der Waals surface area contributed by atoms with Gasteiger partial charge in [-0.1, -0.05) is 0 Å². The minimum Gasteiger partial charge on any atom is -0.378 e. The summed E-state index contributed by atoms with van der Waals surface area (Å²) in [6.45, 7) is 2.48. The maximum atomic E-state index is 12.4. The molecule has 0 bridgehead atoms. The monoisotopic (exact) mass is 268 g/mol. The summed E-state index contributed by atoms with van der Waals surface area (Å²) in [7, 11) is 0. The first-order chi connectivity index (χ1) is 9.31. The normalized spacial score (nSPS) is 28.4. The number of hydrogen-bond acceptors (Lipinski definition) is 3. The van der Waals surface area contributed by atoms with Crippen molar-refractivity contribution in [2.24, 2.45) is 5.73 Å². The van der Waals surface area contributed by atoms with E-state index in [1.54, 1.807) is 0 Å². The first kappa shape index (κ1) is 14.8. The highest BCUT2D eigenvalue weighted by atomic mass is 16.5. The summed E-state index contributed by atoms with van der Waals surface area (Å²) < 4.78 is 5.70. The van der Waals surface area contributed by atoms with E-state index in [0.717, 1.165) is 45.3 Å². The van der Waals surface area contributed by atoms with Crippen molar-refractivity contribution in [2.45, 2.75) is 69.9 Å². The van der Waals surface area contributed by atoms with Crippen molar-refractivity contribution >= 4 is 5.91 Å². The number of nitrogens with zero attached hydrogens (tertiary/aromatic N) is 1. The van der Waals surface area contributed by atoms with Crippen molar-refractivity contribution in [3.8, 4) is 0 Å². The predicted molar refractivity (Wildman–Crippen MR) is 75.8 cm³/mol. The van der Waals surface area contributed by atoms with E-state index in [9.17, 15) is 4.79 Å². The molecule has 4 nitrogen and oxygen atoms in total. The van der Waals surface area contributed by atoms with Crippen LogP contribution in [0.2, 0.25) is 0 Å². The van der Waals surface area contributed by atoms with Crippen LogP contribution >= 0.6 is 0 Å². The van der Waals surface area contributed by atoms with E-state index >= 15 is 0 Å². The van der Waals surface area contributed by atoms with Gasteiger partial charge in [0.25, 0.3) is 0 Å². The molecule has 0 aromatic carbocycles. The maximum absolute atomic E-state index is 12.4. The van der Waals surface area contributed by atoms with Crippen LogP contribution in [-0.2, 0) is 9.53 Å². The lowest BCUT2D eigenvalue weighted by molar-refractivity contribution is -0.136. The van der Waals surface area contributed by atoms with Crippen molar-refractivity contribution in [3.63, 3.8) is 0 Å². The third-order valence-corrected chi connectivity index (χ3v) is 4.40. The van der Waals surface area contributed by atoms with E-state index in [1.165, 1.54) is 19.3 Å². The number of carbonyl (C=O) groups excluding carboxylic acids is 1. The Bertz CT molecular complexity index is 275. The fourth-order valence-corrected chi connectivity index (χ4v) is 3.28. The SMILES string of the molecule is NCCC1CCCCN1C(=O)CCC1CCCCO1. The number of likely N-dealkylation sites (tertiary alicyclic amines) is 1. The van der Waals surface area contributed by atoms with Crippen LogP contribution in [0.1, 0.15) is 57.8 Å². The molecule has 0 aromatic heterocycles. The van der Waals surface area contributed by atoms with Gasteiger partial charge in [0.05, 0.1) is 6.10 Å². The molecule has 2 aliphatic heterocycles. The molecule has 1 amide bonds. The van der Waals surface area contributed by atoms with Gasteiger partial charge < -0.3 is 15.4 Å². The molecule has 0 aliphatic carbocycles. The third kappa shape index (κ3) is 4.46. The number of carbonyl (C=O) groups is 1. The Kier molecular flexibility index (Phi) is 6.11. The van der Waals surface area contributed by atoms with Crippen LogP contribution in [0.3, 0.4) is 0 Å². The second-order valence-corrected chi connectivity index (χ2v) is 5.84. The van der Waals surface area contributed by atoms with Crippen LogP contribution in [0.5, 0.6) is 0 Å². The van der Waals surface area contributed by atoms with Gasteiger partial charge in [0.15, 0.2) is 0 Å². The Morgan fingerprint density at radius 2 is 2.00 bits per heavy atom. The largest absolute Gasteiger partial charge is 0.378 e. The van der Waals surface area contributed by atoms with Gasteiger partial charge in [-0.25, -0.2) is 0 Å². The first-order valence-electron chi connectivity index (χ1n) is 7.92. The highest BCUT2D eigenvalue weighted by Gasteiger charge is 2.26. The summed E-state index contributed by atoms with van der Waals surface area (Å²) in [6, 6.07) is 0.388. The zero-order valence-electron chi connectivity index (χ0n) is 12.0. The van der Waals surface area contributed by atoms with Crippen molar-refractivity contribution in [1.82, 2.24) is 4.90 Å². The predicted octanol–water partition coefficient (Wildman–Crippen LogP) is 2.07. The molecule has 0 saturated carbocycles. The Morgan fingerprint density at radius 1 is 1.16 bits per heavy atom. The first-order valence-corrected chi connectivity index (χ1v) is 7.92. The molecule has 2 fully saturated rings. The molecule has 0 spiro atoms. The van der Waals surface area contributed by atoms with Crippen LogP contribution in [0, 0.1) is 0 Å². The van der Waals surface area contributed by atoms with Gasteiger partial charge >= 0.3 is 0 Å². The summed E-state index contributed by atoms with van der Waals surface area (Å²) in [5.41, 5.74) is 5.65. The van der Waals surface area contributed by atoms with E-state index in [1.807, 2.05) is 0 Å². The van der Waals surface area contributed by atoms with Gasteiger partial charge in [-0.3, -0.25) is 4.79 Å². The maximum Gasteiger partial charge on any atom is 0.222 e. The zero-order valence-corrected chi connectivity index (χ0v) is 12.0. The Labute approximate surface area is 116 Å². The Morgan fingerprint density at radius 3 is 2.74 bits per heavy atom. The van der Waals surface area contributed by atoms with Crippen LogP contribution in [0.4, 0.5) is 0 Å². The van der Waals surface area contributed by atoms with E-state index in [2.05, 4.69) is 4.90 Å². The lowest BCUT2D eigenvalue weighted by Gasteiger charge is -2.36. The summed E-state index contributed by atoms with van der Waals surface area (Å²) >= 11 is 0. The second kappa shape index (κ2) is 7.85. The van der Waals surface area contributed by atoms with Gasteiger partial charge in [0.1, 0.15) is 0 Å². The van der Waals surface area contributed by atoms with Crippen molar-refractivity contribution in [2.75, 3.05) is 19.7 Å². The molecule has 19 heavy (non-hydrogen) atoms. The molecule has 2 unspecified atom stereocenters. The minimum absolute atomic E-state index is 0.312. The number of hydrogen-bond donors (Lipinski definition) is 1. The summed E-state index contributed by atoms with van der Waals surface area (Å²) in [5, 5.41) is 0. The van der Waals surface area contributed by atoms with Gasteiger partial charge in [0.2, 0.25) is 5.91 Å². The number of piperidine rings is 1. The van der Waals surface area contributed by atoms with Gasteiger partial charge in [0, 0.05) is 25.6 Å². The topological polar surface area (TPSA) is 55.6 Å². The van der Waals surface area contributed by atoms with E-state index in [0.29, 0.717) is 31.0 Å². The van der Waals surface area contributed by atoms with Gasteiger partial charge in [-0.2, -0.15) is 0 Å². The number of rotatable bonds is 5. The molecule has 2 N–H and O–H groups in total. The lowest BCUT2D eigenvalue weighted by Crippen LogP contribution is -2.44. The molecule has 110 valence electrons. The van der Waals surface area contributed by atoms with Crippen LogP contribution in [0.25, 0.3) is 0 Å². The average molecular weight is 268 g/mol. The van der Waals surface area contributed by atoms with Crippen molar-refractivity contribution in [1.29, 1.82) is 0 Å². The van der Waals surface area contributed by atoms with E-state index in [-0.39, 0.29) is 0 Å². The van der Waals surface area contributed by atoms with E-state index in [4.69, 9.17) is 10.5 Å². The minimum atomic E-state index is 0.312. The fraction of sp³-hybridized carbons (Fsp3) is 0.933. The zero-order chi connectivity index (χ0) is 13.5. The molecule has 0 aromatic rings. The van der Waals surface area contributed by atoms with Gasteiger partial charge in [-0.15, -0.1) is 0 Å². The number of nitrogens with two attached hydrogens (primary N) is 1. The highest BCUT2D eigenvalue weighted by Crippen LogP contribution is 2.22. The third-order valence-electron chi connectivity index (χ3n) is 4.40. The number of amides is 1. The average Bonchev–Trinajstić information content (AvgIpc) is 2.47. The van der Waals surface area contributed by atoms with Crippen LogP contribution in [0.15, 0.2) is 0 Å². The van der Waals surface area contributed by atoms with Crippen LogP contribution in [-0.4, -0.2) is 42.6 Å². The standard InChI is InChI=1S/C15H28N2O2/c16-10-9-13-5-1-3-11-17(13)15(18)8-7-14-6-2-4-12-19-14/h13-14H,1-12,16H2. The molecule has 0 radical (unpaired) electrons. The summed E-state index contributed by atoms with van der Waals surface area (Å²) in [4.78, 5) is 14.4. The Hall–Kier alpha value is -0.610. The summed E-state index contributed by atoms with van der Waals surface area (Å²) in [5.74, 6) is 0.312. The number of ether oxygens (including phenoxy) is 1. The van der Waals surface area contributed by atoms with E-state index < -0.39 is 0 Å². The van der Waals surface area contributed by atoms with Crippen LogP contribution < -0.4 is 5.73 Å². The van der Waals surface area contributed by atoms with Crippen molar-refractivity contribution < 1.29 is 9.53 Å². The van der Waals surface area contributed by atoms with Gasteiger partial charge in [-0.05, 0) is 57.9 Å². The lowest BCUT2D eigenvalue weighted by atomic mass is 9.98. The van der Waals surface area contributed by atoms with Crippen molar-refractivity contribution in [3.05, 3.63) is 0 Å². The Balaban J connectivity index is 1.76. The molecule has 4 heteroatoms. The molecular formula is C15H28N2O2. The molecular weight excluding hydrogens is 240 g/mol. The smallest absolute Gasteiger partial charge is 0.222 e. The molecule has 2 heterocycles. The summed E-state index contributed by atoms with van der Waals surface area (Å²) in [6.07, 6.45) is 9.86.